The minimum atomic E-state index is -1.07. The number of aromatic carboxylic acids is 1. The molecular formula is C21H30N2O6. The van der Waals surface area contributed by atoms with Gasteiger partial charge in [-0.05, 0) is 48.9 Å². The van der Waals surface area contributed by atoms with Crippen LogP contribution in [0.3, 0.4) is 0 Å². The Hall–Kier alpha value is -2.90. The van der Waals surface area contributed by atoms with Crippen LogP contribution < -0.4 is 10.6 Å². The van der Waals surface area contributed by atoms with Crippen LogP contribution in [0.5, 0.6) is 0 Å². The monoisotopic (exact) mass is 406 g/mol. The maximum Gasteiger partial charge on any atom is 0.335 e. The quantitative estimate of drug-likeness (QED) is 0.446. The van der Waals surface area contributed by atoms with Crippen LogP contribution in [0.4, 0.5) is 5.69 Å². The summed E-state index contributed by atoms with van der Waals surface area (Å²) in [5.41, 5.74) is 0.507. The van der Waals surface area contributed by atoms with Gasteiger partial charge in [-0.3, -0.25) is 14.4 Å². The zero-order valence-electron chi connectivity index (χ0n) is 17.3. The lowest BCUT2D eigenvalue weighted by molar-refractivity contribution is -0.141. The second-order valence-electron chi connectivity index (χ2n) is 7.99. The fraction of sp³-hybridized carbons (Fsp3) is 0.524. The third-order valence-corrected chi connectivity index (χ3v) is 4.29. The van der Waals surface area contributed by atoms with Crippen molar-refractivity contribution in [3.05, 3.63) is 29.8 Å². The first kappa shape index (κ1) is 24.1. The van der Waals surface area contributed by atoms with Gasteiger partial charge in [0.2, 0.25) is 11.8 Å². The molecule has 160 valence electrons. The summed E-state index contributed by atoms with van der Waals surface area (Å²) in [7, 11) is 0. The van der Waals surface area contributed by atoms with Crippen LogP contribution in [0.2, 0.25) is 0 Å². The largest absolute Gasteiger partial charge is 0.481 e. The van der Waals surface area contributed by atoms with Crippen molar-refractivity contribution in [2.24, 2.45) is 17.8 Å². The van der Waals surface area contributed by atoms with Crippen LogP contribution >= 0.6 is 0 Å². The second-order valence-corrected chi connectivity index (χ2v) is 7.99. The number of nitrogens with one attached hydrogen (secondary N) is 2. The Morgan fingerprint density at radius 1 is 0.862 bits per heavy atom. The van der Waals surface area contributed by atoms with Crippen molar-refractivity contribution < 1.29 is 29.4 Å². The third kappa shape index (κ3) is 8.76. The molecule has 0 aliphatic rings. The molecule has 0 spiro atoms. The maximum atomic E-state index is 12.7. The van der Waals surface area contributed by atoms with Crippen LogP contribution in [-0.2, 0) is 14.4 Å². The molecule has 0 heterocycles. The molecule has 2 atom stereocenters. The highest BCUT2D eigenvalue weighted by Crippen LogP contribution is 2.18. The van der Waals surface area contributed by atoms with Gasteiger partial charge in [-0.15, -0.1) is 0 Å². The molecule has 1 aromatic rings. The normalized spacial score (nSPS) is 13.0. The van der Waals surface area contributed by atoms with E-state index in [1.807, 2.05) is 27.7 Å². The van der Waals surface area contributed by atoms with Crippen LogP contribution in [0.1, 0.15) is 57.3 Å². The van der Waals surface area contributed by atoms with Crippen LogP contribution in [0.25, 0.3) is 0 Å². The van der Waals surface area contributed by atoms with Gasteiger partial charge in [0, 0.05) is 11.6 Å². The van der Waals surface area contributed by atoms with Gasteiger partial charge in [-0.2, -0.15) is 0 Å². The summed E-state index contributed by atoms with van der Waals surface area (Å²) in [6.45, 7) is 7.64. The molecule has 0 aliphatic carbocycles. The Morgan fingerprint density at radius 2 is 1.41 bits per heavy atom. The van der Waals surface area contributed by atoms with E-state index in [4.69, 9.17) is 10.2 Å². The van der Waals surface area contributed by atoms with E-state index in [1.54, 1.807) is 0 Å². The topological polar surface area (TPSA) is 133 Å². The van der Waals surface area contributed by atoms with E-state index in [2.05, 4.69) is 10.6 Å². The number of anilines is 1. The lowest BCUT2D eigenvalue weighted by Gasteiger charge is -2.24. The Morgan fingerprint density at radius 3 is 1.86 bits per heavy atom. The lowest BCUT2D eigenvalue weighted by Crippen LogP contribution is -2.47. The Balaban J connectivity index is 2.90. The number of amides is 2. The van der Waals surface area contributed by atoms with E-state index >= 15 is 0 Å². The van der Waals surface area contributed by atoms with Crippen LogP contribution in [0.15, 0.2) is 24.3 Å². The average molecular weight is 406 g/mol. The molecule has 0 aromatic heterocycles. The zero-order chi connectivity index (χ0) is 22.1. The molecule has 0 bridgehead atoms. The van der Waals surface area contributed by atoms with Crippen molar-refractivity contribution in [2.75, 3.05) is 5.32 Å². The fourth-order valence-electron chi connectivity index (χ4n) is 2.98. The van der Waals surface area contributed by atoms with Gasteiger partial charge in [0.1, 0.15) is 6.04 Å². The molecule has 8 nitrogen and oxygen atoms in total. The van der Waals surface area contributed by atoms with Gasteiger partial charge in [0.25, 0.3) is 0 Å². The summed E-state index contributed by atoms with van der Waals surface area (Å²) in [5.74, 6) is -3.49. The minimum Gasteiger partial charge on any atom is -0.481 e. The second kappa shape index (κ2) is 11.2. The number of hydrogen-bond donors (Lipinski definition) is 4. The SMILES string of the molecule is CC(C)CC(CC(=O)O)C(=O)NC(CC(C)C)C(=O)Nc1ccc(C(=O)O)cc1. The van der Waals surface area contributed by atoms with Crippen molar-refractivity contribution in [3.63, 3.8) is 0 Å². The van der Waals surface area contributed by atoms with Gasteiger partial charge in [0.15, 0.2) is 0 Å². The highest BCUT2D eigenvalue weighted by Gasteiger charge is 2.28. The molecular weight excluding hydrogens is 376 g/mol. The molecule has 2 amide bonds. The van der Waals surface area contributed by atoms with Crippen molar-refractivity contribution in [1.82, 2.24) is 5.32 Å². The third-order valence-electron chi connectivity index (χ3n) is 4.29. The number of carbonyl (C=O) groups is 4. The molecule has 2 unspecified atom stereocenters. The Kier molecular flexibility index (Phi) is 9.31. The van der Waals surface area contributed by atoms with E-state index in [-0.39, 0.29) is 23.8 Å². The van der Waals surface area contributed by atoms with E-state index in [1.165, 1.54) is 24.3 Å². The average Bonchev–Trinajstić information content (AvgIpc) is 2.59. The number of carbonyl (C=O) groups excluding carboxylic acids is 2. The van der Waals surface area contributed by atoms with Gasteiger partial charge < -0.3 is 20.8 Å². The van der Waals surface area contributed by atoms with Gasteiger partial charge in [-0.1, -0.05) is 27.7 Å². The van der Waals surface area contributed by atoms with Crippen molar-refractivity contribution in [2.45, 2.75) is 53.0 Å². The summed E-state index contributed by atoms with van der Waals surface area (Å²) in [4.78, 5) is 47.4. The number of rotatable bonds is 11. The molecule has 1 rings (SSSR count). The molecule has 0 saturated carbocycles. The van der Waals surface area contributed by atoms with E-state index in [0.29, 0.717) is 18.5 Å². The minimum absolute atomic E-state index is 0.0974. The molecule has 29 heavy (non-hydrogen) atoms. The van der Waals surface area contributed by atoms with Crippen LogP contribution in [-0.4, -0.2) is 40.0 Å². The molecule has 4 N–H and O–H groups in total. The van der Waals surface area contributed by atoms with Gasteiger partial charge in [0.05, 0.1) is 12.0 Å². The predicted molar refractivity (Wildman–Crippen MR) is 109 cm³/mol. The molecule has 0 radical (unpaired) electrons. The molecule has 1 aromatic carbocycles. The molecule has 8 heteroatoms. The molecule has 0 saturated heterocycles. The van der Waals surface area contributed by atoms with Crippen molar-refractivity contribution in [3.8, 4) is 0 Å². The molecule has 0 fully saturated rings. The van der Waals surface area contributed by atoms with Crippen molar-refractivity contribution >= 4 is 29.4 Å². The zero-order valence-corrected chi connectivity index (χ0v) is 17.3. The highest BCUT2D eigenvalue weighted by atomic mass is 16.4. The van der Waals surface area contributed by atoms with E-state index < -0.39 is 35.7 Å². The fourth-order valence-corrected chi connectivity index (χ4v) is 2.98. The first-order valence-electron chi connectivity index (χ1n) is 9.66. The first-order chi connectivity index (χ1) is 13.5. The van der Waals surface area contributed by atoms with Crippen molar-refractivity contribution in [1.29, 1.82) is 0 Å². The summed E-state index contributed by atoms with van der Waals surface area (Å²) in [5, 5.41) is 23.4. The standard InChI is InChI=1S/C21H30N2O6/c1-12(2)9-15(11-18(24)25)19(26)23-17(10-13(3)4)20(27)22-16-7-5-14(6-8-16)21(28)29/h5-8,12-13,15,17H,9-11H2,1-4H3,(H,22,27)(H,23,26)(H,24,25)(H,28,29). The Labute approximate surface area is 170 Å². The molecule has 0 aliphatic heterocycles. The van der Waals surface area contributed by atoms with Gasteiger partial charge >= 0.3 is 11.9 Å². The number of hydrogen-bond acceptors (Lipinski definition) is 4. The number of carboxylic acids is 2. The smallest absolute Gasteiger partial charge is 0.335 e. The summed E-state index contributed by atoms with van der Waals surface area (Å²) < 4.78 is 0. The lowest BCUT2D eigenvalue weighted by atomic mass is 9.92. The van der Waals surface area contributed by atoms with E-state index in [9.17, 15) is 19.2 Å². The summed E-state index contributed by atoms with van der Waals surface area (Å²) in [6, 6.07) is 4.87. The summed E-state index contributed by atoms with van der Waals surface area (Å²) >= 11 is 0. The Bertz CT molecular complexity index is 727. The predicted octanol–water partition coefficient (Wildman–Crippen LogP) is 2.99. The van der Waals surface area contributed by atoms with Gasteiger partial charge in [-0.25, -0.2) is 4.79 Å². The summed E-state index contributed by atoms with van der Waals surface area (Å²) in [6.07, 6.45) is 0.494. The van der Waals surface area contributed by atoms with Crippen LogP contribution in [0, 0.1) is 17.8 Å². The number of benzene rings is 1. The number of carboxylic acid groups (broad SMARTS) is 2. The first-order valence-corrected chi connectivity index (χ1v) is 9.66. The van der Waals surface area contributed by atoms with E-state index in [0.717, 1.165) is 0 Å². The maximum absolute atomic E-state index is 12.7. The number of aliphatic carboxylic acids is 1. The highest BCUT2D eigenvalue weighted by molar-refractivity contribution is 5.98.